The molecule has 1 aromatic carbocycles. The summed E-state index contributed by atoms with van der Waals surface area (Å²) in [6, 6.07) is 7.68. The maximum atomic E-state index is 10.5. The number of nitro benzene ring substituents is 1. The van der Waals surface area contributed by atoms with Crippen LogP contribution >= 0.6 is 0 Å². The Labute approximate surface area is 94.8 Å². The molecular weight excluding hydrogens is 204 g/mol. The van der Waals surface area contributed by atoms with Gasteiger partial charge in [-0.15, -0.1) is 0 Å². The fraction of sp³-hybridized carbons (Fsp3) is 0.500. The Hall–Kier alpha value is -1.42. The van der Waals surface area contributed by atoms with E-state index in [1.807, 2.05) is 12.1 Å². The number of benzene rings is 1. The molecule has 1 aliphatic rings. The van der Waals surface area contributed by atoms with Crippen LogP contribution in [0.5, 0.6) is 0 Å². The molecule has 1 unspecified atom stereocenters. The Kier molecular flexibility index (Phi) is 3.19. The van der Waals surface area contributed by atoms with Crippen LogP contribution in [0.15, 0.2) is 24.3 Å². The van der Waals surface area contributed by atoms with Crippen LogP contribution < -0.4 is 5.32 Å². The second kappa shape index (κ2) is 4.61. The van der Waals surface area contributed by atoms with Crippen molar-refractivity contribution in [2.24, 2.45) is 0 Å². The summed E-state index contributed by atoms with van der Waals surface area (Å²) in [5, 5.41) is 14.0. The molecule has 86 valence electrons. The Morgan fingerprint density at radius 3 is 2.44 bits per heavy atom. The molecule has 1 aromatic rings. The lowest BCUT2D eigenvalue weighted by Gasteiger charge is -2.30. The third-order valence-electron chi connectivity index (χ3n) is 3.19. The molecule has 1 aliphatic carbocycles. The van der Waals surface area contributed by atoms with Crippen LogP contribution in [0.2, 0.25) is 0 Å². The van der Waals surface area contributed by atoms with E-state index in [1.54, 1.807) is 12.1 Å². The average Bonchev–Trinajstić information content (AvgIpc) is 2.23. The van der Waals surface area contributed by atoms with Crippen molar-refractivity contribution >= 4 is 5.69 Å². The smallest absolute Gasteiger partial charge is 0.269 e. The van der Waals surface area contributed by atoms with Gasteiger partial charge in [-0.3, -0.25) is 10.1 Å². The number of nitrogens with one attached hydrogen (secondary N) is 1. The largest absolute Gasteiger partial charge is 0.307 e. The van der Waals surface area contributed by atoms with Crippen molar-refractivity contribution in [3.8, 4) is 0 Å². The zero-order valence-corrected chi connectivity index (χ0v) is 9.35. The first-order chi connectivity index (χ1) is 7.66. The van der Waals surface area contributed by atoms with Gasteiger partial charge < -0.3 is 5.32 Å². The molecule has 0 aliphatic heterocycles. The molecule has 1 fully saturated rings. The van der Waals surface area contributed by atoms with Crippen molar-refractivity contribution in [1.82, 2.24) is 5.32 Å². The fourth-order valence-electron chi connectivity index (χ4n) is 1.91. The zero-order valence-electron chi connectivity index (χ0n) is 9.35. The summed E-state index contributed by atoms with van der Waals surface area (Å²) >= 11 is 0. The van der Waals surface area contributed by atoms with E-state index in [9.17, 15) is 10.1 Å². The number of nitro groups is 1. The molecule has 0 heterocycles. The molecule has 4 heteroatoms. The summed E-state index contributed by atoms with van der Waals surface area (Å²) in [5.41, 5.74) is 1.26. The molecule has 2 rings (SSSR count). The fourth-order valence-corrected chi connectivity index (χ4v) is 1.91. The van der Waals surface area contributed by atoms with Crippen LogP contribution in [-0.2, 0) is 0 Å². The van der Waals surface area contributed by atoms with Crippen molar-refractivity contribution in [3.05, 3.63) is 39.9 Å². The monoisotopic (exact) mass is 220 g/mol. The van der Waals surface area contributed by atoms with Gasteiger partial charge in [-0.05, 0) is 25.3 Å². The summed E-state index contributed by atoms with van der Waals surface area (Å²) in [4.78, 5) is 10.1. The predicted octanol–water partition coefficient (Wildman–Crippen LogP) is 2.80. The summed E-state index contributed by atoms with van der Waals surface area (Å²) < 4.78 is 0. The lowest BCUT2D eigenvalue weighted by molar-refractivity contribution is -0.384. The van der Waals surface area contributed by atoms with Gasteiger partial charge in [-0.2, -0.15) is 0 Å². The average molecular weight is 220 g/mol. The number of non-ortho nitro benzene ring substituents is 1. The number of rotatable bonds is 4. The summed E-state index contributed by atoms with van der Waals surface area (Å²) in [6.07, 6.45) is 3.80. The van der Waals surface area contributed by atoms with Crippen LogP contribution in [0.3, 0.4) is 0 Å². The van der Waals surface area contributed by atoms with Gasteiger partial charge in [0.05, 0.1) is 4.92 Å². The minimum atomic E-state index is -0.367. The van der Waals surface area contributed by atoms with E-state index < -0.39 is 0 Å². The third kappa shape index (κ3) is 2.39. The van der Waals surface area contributed by atoms with Gasteiger partial charge in [-0.1, -0.05) is 18.6 Å². The van der Waals surface area contributed by atoms with E-state index >= 15 is 0 Å². The van der Waals surface area contributed by atoms with Gasteiger partial charge in [0, 0.05) is 24.2 Å². The van der Waals surface area contributed by atoms with Crippen molar-refractivity contribution < 1.29 is 4.92 Å². The second-order valence-electron chi connectivity index (χ2n) is 4.36. The molecular formula is C12H16N2O2. The number of hydrogen-bond acceptors (Lipinski definition) is 3. The minimum absolute atomic E-state index is 0.152. The maximum Gasteiger partial charge on any atom is 0.269 e. The highest BCUT2D eigenvalue weighted by Crippen LogP contribution is 2.23. The van der Waals surface area contributed by atoms with Crippen molar-refractivity contribution in [3.63, 3.8) is 0 Å². The highest BCUT2D eigenvalue weighted by molar-refractivity contribution is 5.34. The first kappa shape index (κ1) is 11.1. The lowest BCUT2D eigenvalue weighted by atomic mass is 9.92. The van der Waals surface area contributed by atoms with Crippen LogP contribution in [0.1, 0.15) is 37.8 Å². The zero-order chi connectivity index (χ0) is 11.5. The molecule has 0 radical (unpaired) electrons. The van der Waals surface area contributed by atoms with E-state index in [4.69, 9.17) is 0 Å². The predicted molar refractivity (Wildman–Crippen MR) is 62.3 cm³/mol. The van der Waals surface area contributed by atoms with Crippen LogP contribution in [0.4, 0.5) is 5.69 Å². The quantitative estimate of drug-likeness (QED) is 0.627. The Morgan fingerprint density at radius 2 is 2.00 bits per heavy atom. The molecule has 0 saturated heterocycles. The van der Waals surface area contributed by atoms with Crippen molar-refractivity contribution in [1.29, 1.82) is 0 Å². The second-order valence-corrected chi connectivity index (χ2v) is 4.36. The maximum absolute atomic E-state index is 10.5. The molecule has 1 saturated carbocycles. The summed E-state index contributed by atoms with van der Waals surface area (Å²) in [5.74, 6) is 0. The Bertz CT molecular complexity index is 371. The van der Waals surface area contributed by atoms with Gasteiger partial charge in [0.25, 0.3) is 5.69 Å². The van der Waals surface area contributed by atoms with Gasteiger partial charge in [-0.25, -0.2) is 0 Å². The highest BCUT2D eigenvalue weighted by Gasteiger charge is 2.19. The van der Waals surface area contributed by atoms with E-state index in [0.29, 0.717) is 6.04 Å². The van der Waals surface area contributed by atoms with E-state index in [0.717, 1.165) is 5.56 Å². The SMILES string of the molecule is CC(NC1CCC1)c1ccc([N+](=O)[O-])cc1. The topological polar surface area (TPSA) is 55.2 Å². The molecule has 1 N–H and O–H groups in total. The standard InChI is InChI=1S/C12H16N2O2/c1-9(13-11-3-2-4-11)10-5-7-12(8-6-10)14(15)16/h5-9,11,13H,2-4H2,1H3. The minimum Gasteiger partial charge on any atom is -0.307 e. The van der Waals surface area contributed by atoms with E-state index in [-0.39, 0.29) is 16.7 Å². The van der Waals surface area contributed by atoms with Gasteiger partial charge >= 0.3 is 0 Å². The van der Waals surface area contributed by atoms with Crippen LogP contribution in [0.25, 0.3) is 0 Å². The Balaban J connectivity index is 1.99. The molecule has 0 amide bonds. The first-order valence-electron chi connectivity index (χ1n) is 5.67. The lowest BCUT2D eigenvalue weighted by Crippen LogP contribution is -2.36. The van der Waals surface area contributed by atoms with Crippen molar-refractivity contribution in [2.45, 2.75) is 38.3 Å². The third-order valence-corrected chi connectivity index (χ3v) is 3.19. The molecule has 0 spiro atoms. The van der Waals surface area contributed by atoms with Crippen LogP contribution in [-0.4, -0.2) is 11.0 Å². The summed E-state index contributed by atoms with van der Waals surface area (Å²) in [7, 11) is 0. The van der Waals surface area contributed by atoms with Gasteiger partial charge in [0.1, 0.15) is 0 Å². The van der Waals surface area contributed by atoms with Crippen LogP contribution in [0, 0.1) is 10.1 Å². The molecule has 1 atom stereocenters. The number of nitrogens with zero attached hydrogens (tertiary/aromatic N) is 1. The molecule has 0 bridgehead atoms. The molecule has 16 heavy (non-hydrogen) atoms. The Morgan fingerprint density at radius 1 is 1.38 bits per heavy atom. The van der Waals surface area contributed by atoms with E-state index in [1.165, 1.54) is 19.3 Å². The van der Waals surface area contributed by atoms with Gasteiger partial charge in [0.15, 0.2) is 0 Å². The summed E-state index contributed by atoms with van der Waals surface area (Å²) in [6.45, 7) is 2.10. The van der Waals surface area contributed by atoms with E-state index in [2.05, 4.69) is 12.2 Å². The van der Waals surface area contributed by atoms with Gasteiger partial charge in [0.2, 0.25) is 0 Å². The normalized spacial score (nSPS) is 17.8. The van der Waals surface area contributed by atoms with Crippen molar-refractivity contribution in [2.75, 3.05) is 0 Å². The highest BCUT2D eigenvalue weighted by atomic mass is 16.6. The molecule has 0 aromatic heterocycles. The number of hydrogen-bond donors (Lipinski definition) is 1. The molecule has 4 nitrogen and oxygen atoms in total. The first-order valence-corrected chi connectivity index (χ1v) is 5.67.